The maximum atomic E-state index is 12.1. The SMILES string of the molecule is CC1(C)OC=C(CN2C(=O)c3ccccc3C2=O)O1. The maximum absolute atomic E-state index is 12.1. The molecule has 0 N–H and O–H groups in total. The molecule has 3 rings (SSSR count). The lowest BCUT2D eigenvalue weighted by atomic mass is 10.1. The third kappa shape index (κ3) is 1.87. The molecule has 2 amide bonds. The third-order valence-electron chi connectivity index (χ3n) is 3.04. The topological polar surface area (TPSA) is 55.8 Å². The molecule has 2 aliphatic heterocycles. The van der Waals surface area contributed by atoms with Crippen LogP contribution in [0.25, 0.3) is 0 Å². The van der Waals surface area contributed by atoms with E-state index in [-0.39, 0.29) is 18.4 Å². The molecule has 2 aliphatic rings. The van der Waals surface area contributed by atoms with Gasteiger partial charge in [0.25, 0.3) is 11.8 Å². The smallest absolute Gasteiger partial charge is 0.261 e. The van der Waals surface area contributed by atoms with Crippen molar-refractivity contribution in [2.75, 3.05) is 6.54 Å². The van der Waals surface area contributed by atoms with E-state index in [0.717, 1.165) is 0 Å². The molecule has 5 nitrogen and oxygen atoms in total. The van der Waals surface area contributed by atoms with Crippen LogP contribution in [-0.2, 0) is 9.47 Å². The van der Waals surface area contributed by atoms with Crippen LogP contribution in [0.3, 0.4) is 0 Å². The zero-order valence-electron chi connectivity index (χ0n) is 10.7. The lowest BCUT2D eigenvalue weighted by molar-refractivity contribution is -0.117. The predicted octanol–water partition coefficient (Wildman–Crippen LogP) is 1.91. The van der Waals surface area contributed by atoms with Crippen LogP contribution in [0.4, 0.5) is 0 Å². The fraction of sp³-hybridized carbons (Fsp3) is 0.286. The highest BCUT2D eigenvalue weighted by atomic mass is 16.7. The van der Waals surface area contributed by atoms with E-state index in [1.165, 1.54) is 11.2 Å². The molecule has 0 saturated heterocycles. The van der Waals surface area contributed by atoms with E-state index in [0.29, 0.717) is 16.9 Å². The quantitative estimate of drug-likeness (QED) is 0.761. The Balaban J connectivity index is 1.82. The average molecular weight is 259 g/mol. The second-order valence-electron chi connectivity index (χ2n) is 4.95. The Kier molecular flexibility index (Phi) is 2.38. The van der Waals surface area contributed by atoms with Crippen molar-refractivity contribution in [2.24, 2.45) is 0 Å². The number of carbonyl (C=O) groups is 2. The molecule has 0 bridgehead atoms. The Morgan fingerprint density at radius 2 is 1.68 bits per heavy atom. The van der Waals surface area contributed by atoms with Gasteiger partial charge in [-0.25, -0.2) is 0 Å². The van der Waals surface area contributed by atoms with Crippen molar-refractivity contribution in [3.8, 4) is 0 Å². The minimum Gasteiger partial charge on any atom is -0.457 e. The van der Waals surface area contributed by atoms with Gasteiger partial charge >= 0.3 is 0 Å². The first-order valence-corrected chi connectivity index (χ1v) is 5.99. The van der Waals surface area contributed by atoms with Gasteiger partial charge in [0.1, 0.15) is 6.26 Å². The Labute approximate surface area is 110 Å². The average Bonchev–Trinajstić information content (AvgIpc) is 2.83. The molecular formula is C14H13NO4. The van der Waals surface area contributed by atoms with Gasteiger partial charge in [-0.1, -0.05) is 12.1 Å². The lowest BCUT2D eigenvalue weighted by Crippen LogP contribution is -2.32. The molecule has 19 heavy (non-hydrogen) atoms. The number of fused-ring (bicyclic) bond motifs is 1. The Bertz CT molecular complexity index is 568. The van der Waals surface area contributed by atoms with Crippen molar-refractivity contribution in [1.29, 1.82) is 0 Å². The van der Waals surface area contributed by atoms with E-state index in [4.69, 9.17) is 9.47 Å². The first-order chi connectivity index (χ1) is 8.98. The number of hydrogen-bond acceptors (Lipinski definition) is 4. The summed E-state index contributed by atoms with van der Waals surface area (Å²) in [4.78, 5) is 25.4. The number of imide groups is 1. The van der Waals surface area contributed by atoms with Gasteiger partial charge in [0.05, 0.1) is 17.7 Å². The highest BCUT2D eigenvalue weighted by molar-refractivity contribution is 6.21. The molecule has 5 heteroatoms. The van der Waals surface area contributed by atoms with Gasteiger partial charge < -0.3 is 9.47 Å². The summed E-state index contributed by atoms with van der Waals surface area (Å²) in [6.07, 6.45) is 1.45. The molecule has 0 aromatic heterocycles. The van der Waals surface area contributed by atoms with Crippen LogP contribution in [0.1, 0.15) is 34.6 Å². The van der Waals surface area contributed by atoms with E-state index in [9.17, 15) is 9.59 Å². The first-order valence-electron chi connectivity index (χ1n) is 5.99. The summed E-state index contributed by atoms with van der Waals surface area (Å²) in [5.41, 5.74) is 0.873. The number of benzene rings is 1. The van der Waals surface area contributed by atoms with Gasteiger partial charge in [-0.15, -0.1) is 0 Å². The van der Waals surface area contributed by atoms with E-state index in [1.807, 2.05) is 0 Å². The summed E-state index contributed by atoms with van der Waals surface area (Å²) in [5, 5.41) is 0. The standard InChI is InChI=1S/C14H13NO4/c1-14(2)18-8-9(19-14)7-15-12(16)10-5-3-4-6-11(10)13(15)17/h3-6,8H,7H2,1-2H3. The second-order valence-corrected chi connectivity index (χ2v) is 4.95. The van der Waals surface area contributed by atoms with Crippen LogP contribution in [0.5, 0.6) is 0 Å². The number of carbonyl (C=O) groups excluding carboxylic acids is 2. The highest BCUT2D eigenvalue weighted by Gasteiger charge is 2.38. The molecule has 0 saturated carbocycles. The van der Waals surface area contributed by atoms with Crippen molar-refractivity contribution in [2.45, 2.75) is 19.6 Å². The van der Waals surface area contributed by atoms with Crippen LogP contribution < -0.4 is 0 Å². The number of rotatable bonds is 2. The van der Waals surface area contributed by atoms with Crippen molar-refractivity contribution in [1.82, 2.24) is 4.90 Å². The third-order valence-corrected chi connectivity index (χ3v) is 3.04. The number of amides is 2. The fourth-order valence-corrected chi connectivity index (χ4v) is 2.18. The van der Waals surface area contributed by atoms with Crippen LogP contribution in [0.2, 0.25) is 0 Å². The maximum Gasteiger partial charge on any atom is 0.261 e. The molecule has 0 atom stereocenters. The minimum atomic E-state index is -0.742. The Hall–Kier alpha value is -2.30. The summed E-state index contributed by atoms with van der Waals surface area (Å²) in [5.74, 6) is -0.863. The molecule has 0 aliphatic carbocycles. The zero-order chi connectivity index (χ0) is 13.6. The summed E-state index contributed by atoms with van der Waals surface area (Å²) in [6.45, 7) is 3.62. The first kappa shape index (κ1) is 11.8. The van der Waals surface area contributed by atoms with Crippen LogP contribution >= 0.6 is 0 Å². The monoisotopic (exact) mass is 259 g/mol. The van der Waals surface area contributed by atoms with Crippen molar-refractivity contribution >= 4 is 11.8 Å². The Morgan fingerprint density at radius 1 is 1.11 bits per heavy atom. The fourth-order valence-electron chi connectivity index (χ4n) is 2.18. The van der Waals surface area contributed by atoms with Gasteiger partial charge in [0.2, 0.25) is 5.79 Å². The van der Waals surface area contributed by atoms with Crippen LogP contribution in [-0.4, -0.2) is 29.0 Å². The molecule has 0 fully saturated rings. The molecule has 0 spiro atoms. The minimum absolute atomic E-state index is 0.0930. The van der Waals surface area contributed by atoms with Gasteiger partial charge in [-0.2, -0.15) is 0 Å². The van der Waals surface area contributed by atoms with Gasteiger partial charge in [0.15, 0.2) is 5.76 Å². The van der Waals surface area contributed by atoms with E-state index >= 15 is 0 Å². The van der Waals surface area contributed by atoms with Gasteiger partial charge in [-0.05, 0) is 12.1 Å². The number of hydrogen-bond donors (Lipinski definition) is 0. The molecule has 2 heterocycles. The van der Waals surface area contributed by atoms with E-state index in [2.05, 4.69) is 0 Å². The van der Waals surface area contributed by atoms with Crippen LogP contribution in [0.15, 0.2) is 36.3 Å². The summed E-state index contributed by atoms with van der Waals surface area (Å²) in [7, 11) is 0. The van der Waals surface area contributed by atoms with Crippen molar-refractivity contribution in [3.05, 3.63) is 47.4 Å². The van der Waals surface area contributed by atoms with Crippen LogP contribution in [0, 0.1) is 0 Å². The van der Waals surface area contributed by atoms with Gasteiger partial charge in [-0.3, -0.25) is 14.5 Å². The number of ether oxygens (including phenoxy) is 2. The van der Waals surface area contributed by atoms with Crippen molar-refractivity contribution in [3.63, 3.8) is 0 Å². The molecule has 1 aromatic rings. The summed E-state index contributed by atoms with van der Waals surface area (Å²) >= 11 is 0. The molecule has 0 unspecified atom stereocenters. The van der Waals surface area contributed by atoms with E-state index in [1.54, 1.807) is 38.1 Å². The zero-order valence-corrected chi connectivity index (χ0v) is 10.7. The predicted molar refractivity (Wildman–Crippen MR) is 66.1 cm³/mol. The normalized spacial score (nSPS) is 19.9. The largest absolute Gasteiger partial charge is 0.457 e. The van der Waals surface area contributed by atoms with Gasteiger partial charge in [0, 0.05) is 13.8 Å². The summed E-state index contributed by atoms with van der Waals surface area (Å²) < 4.78 is 10.8. The molecule has 98 valence electrons. The number of nitrogens with zero attached hydrogens (tertiary/aromatic N) is 1. The Morgan fingerprint density at radius 3 is 2.16 bits per heavy atom. The highest BCUT2D eigenvalue weighted by Crippen LogP contribution is 2.28. The molecule has 0 radical (unpaired) electrons. The second kappa shape index (κ2) is 3.85. The lowest BCUT2D eigenvalue weighted by Gasteiger charge is -2.20. The van der Waals surface area contributed by atoms with Crippen molar-refractivity contribution < 1.29 is 19.1 Å². The van der Waals surface area contributed by atoms with E-state index < -0.39 is 5.79 Å². The molecule has 1 aromatic carbocycles. The summed E-state index contributed by atoms with van der Waals surface area (Å²) in [6, 6.07) is 6.79. The molecular weight excluding hydrogens is 246 g/mol.